The molecule has 2 N–H and O–H groups in total. The Hall–Kier alpha value is -0.840. The topological polar surface area (TPSA) is 56.6 Å². The molecule has 1 fully saturated rings. The van der Waals surface area contributed by atoms with Gasteiger partial charge in [0.2, 0.25) is 0 Å². The highest BCUT2D eigenvalue weighted by atomic mass is 35.5. The quantitative estimate of drug-likeness (QED) is 0.814. The number of pyridine rings is 1. The first-order chi connectivity index (χ1) is 7.64. The molecule has 0 spiro atoms. The molecule has 0 unspecified atom stereocenters. The number of aliphatic hydroxyl groups is 2. The number of hydrogen-bond donors (Lipinski definition) is 2. The van der Waals surface area contributed by atoms with Gasteiger partial charge >= 0.3 is 0 Å². The average Bonchev–Trinajstić information content (AvgIpc) is 2.30. The largest absolute Gasteiger partial charge is 0.393 e. The lowest BCUT2D eigenvalue weighted by Gasteiger charge is -2.38. The van der Waals surface area contributed by atoms with Crippen molar-refractivity contribution in [3.63, 3.8) is 0 Å². The number of β-amino-alcohol motifs (C(OH)–C–C–N with tert-alkyl or cyclic N) is 1. The van der Waals surface area contributed by atoms with Crippen molar-refractivity contribution in [3.8, 4) is 0 Å². The molecule has 0 aliphatic carbocycles. The van der Waals surface area contributed by atoms with Crippen LogP contribution in [0.4, 0.5) is 5.82 Å². The van der Waals surface area contributed by atoms with Crippen molar-refractivity contribution in [3.05, 3.63) is 23.4 Å². The predicted octanol–water partition coefficient (Wildman–Crippen LogP) is 1.06. The fourth-order valence-electron chi connectivity index (χ4n) is 2.03. The molecule has 0 radical (unpaired) electrons. The summed E-state index contributed by atoms with van der Waals surface area (Å²) in [5.74, 6) is 0.677. The lowest BCUT2D eigenvalue weighted by atomic mass is 9.94. The van der Waals surface area contributed by atoms with Gasteiger partial charge in [-0.1, -0.05) is 11.6 Å². The molecule has 1 atom stereocenters. The Kier molecular flexibility index (Phi) is 3.33. The zero-order valence-corrected chi connectivity index (χ0v) is 9.69. The van der Waals surface area contributed by atoms with E-state index in [9.17, 15) is 5.11 Å². The molecule has 2 rings (SSSR count). The second-order valence-electron chi connectivity index (χ2n) is 4.22. The van der Waals surface area contributed by atoms with Crippen LogP contribution in [0.1, 0.15) is 12.8 Å². The highest BCUT2D eigenvalue weighted by Gasteiger charge is 2.33. The third-order valence-electron chi connectivity index (χ3n) is 2.89. The molecule has 1 aromatic rings. The van der Waals surface area contributed by atoms with E-state index in [1.807, 2.05) is 4.90 Å². The number of hydrogen-bond acceptors (Lipinski definition) is 4. The van der Waals surface area contributed by atoms with Crippen molar-refractivity contribution in [2.75, 3.05) is 24.6 Å². The van der Waals surface area contributed by atoms with E-state index >= 15 is 0 Å². The maximum atomic E-state index is 10.0. The van der Waals surface area contributed by atoms with Gasteiger partial charge in [0, 0.05) is 12.7 Å². The Labute approximate surface area is 99.5 Å². The van der Waals surface area contributed by atoms with Gasteiger partial charge in [-0.25, -0.2) is 4.98 Å². The molecular formula is C11H15ClN2O2. The fraction of sp³-hybridized carbons (Fsp3) is 0.545. The third-order valence-corrected chi connectivity index (χ3v) is 3.18. The molecule has 88 valence electrons. The SMILES string of the molecule is OC[C@@]1(O)CCCN(c2ncccc2Cl)C1. The molecule has 16 heavy (non-hydrogen) atoms. The van der Waals surface area contributed by atoms with Crippen molar-refractivity contribution in [1.82, 2.24) is 4.98 Å². The van der Waals surface area contributed by atoms with Crippen LogP contribution in [-0.4, -0.2) is 40.5 Å². The van der Waals surface area contributed by atoms with Crippen LogP contribution in [0.3, 0.4) is 0 Å². The molecule has 0 bridgehead atoms. The molecule has 0 saturated carbocycles. The number of nitrogens with zero attached hydrogens (tertiary/aromatic N) is 2. The van der Waals surface area contributed by atoms with Crippen molar-refractivity contribution < 1.29 is 10.2 Å². The highest BCUT2D eigenvalue weighted by molar-refractivity contribution is 6.32. The van der Waals surface area contributed by atoms with Crippen LogP contribution >= 0.6 is 11.6 Å². The van der Waals surface area contributed by atoms with Crippen LogP contribution in [0.5, 0.6) is 0 Å². The maximum absolute atomic E-state index is 10.0. The third kappa shape index (κ3) is 2.29. The van der Waals surface area contributed by atoms with E-state index in [0.717, 1.165) is 13.0 Å². The van der Waals surface area contributed by atoms with E-state index in [4.69, 9.17) is 16.7 Å². The molecular weight excluding hydrogens is 228 g/mol. The number of aromatic nitrogens is 1. The summed E-state index contributed by atoms with van der Waals surface area (Å²) in [6.45, 7) is 0.952. The Bertz CT molecular complexity index is 375. The number of anilines is 1. The average molecular weight is 243 g/mol. The smallest absolute Gasteiger partial charge is 0.147 e. The second kappa shape index (κ2) is 4.57. The van der Waals surface area contributed by atoms with E-state index in [1.54, 1.807) is 18.3 Å². The zero-order valence-electron chi connectivity index (χ0n) is 8.93. The molecule has 0 aromatic carbocycles. The summed E-state index contributed by atoms with van der Waals surface area (Å²) in [5, 5.41) is 19.8. The fourth-order valence-corrected chi connectivity index (χ4v) is 2.27. The lowest BCUT2D eigenvalue weighted by molar-refractivity contribution is -0.0242. The minimum atomic E-state index is -1.03. The number of halogens is 1. The summed E-state index contributed by atoms with van der Waals surface area (Å²) in [6.07, 6.45) is 3.11. The van der Waals surface area contributed by atoms with Gasteiger partial charge in [-0.3, -0.25) is 0 Å². The monoisotopic (exact) mass is 242 g/mol. The standard InChI is InChI=1S/C11H15ClN2O2/c12-9-3-1-5-13-10(9)14-6-2-4-11(16,7-14)8-15/h1,3,5,15-16H,2,4,6-8H2/t11-/m1/s1. The van der Waals surface area contributed by atoms with E-state index in [2.05, 4.69) is 4.98 Å². The number of rotatable bonds is 2. The minimum Gasteiger partial charge on any atom is -0.393 e. The van der Waals surface area contributed by atoms with Crippen LogP contribution in [-0.2, 0) is 0 Å². The van der Waals surface area contributed by atoms with Gasteiger partial charge in [-0.05, 0) is 25.0 Å². The first-order valence-electron chi connectivity index (χ1n) is 5.33. The summed E-state index contributed by atoms with van der Waals surface area (Å²) < 4.78 is 0. The van der Waals surface area contributed by atoms with Gasteiger partial charge < -0.3 is 15.1 Å². The maximum Gasteiger partial charge on any atom is 0.147 e. The summed E-state index contributed by atoms with van der Waals surface area (Å²) in [5.41, 5.74) is -1.03. The van der Waals surface area contributed by atoms with Crippen LogP contribution in [0.15, 0.2) is 18.3 Å². The van der Waals surface area contributed by atoms with Gasteiger partial charge in [0.25, 0.3) is 0 Å². The molecule has 4 nitrogen and oxygen atoms in total. The molecule has 0 amide bonds. The summed E-state index contributed by atoms with van der Waals surface area (Å²) in [6, 6.07) is 3.55. The van der Waals surface area contributed by atoms with Gasteiger partial charge in [-0.15, -0.1) is 0 Å². The van der Waals surface area contributed by atoms with Gasteiger partial charge in [0.1, 0.15) is 11.4 Å². The first-order valence-corrected chi connectivity index (χ1v) is 5.71. The van der Waals surface area contributed by atoms with Gasteiger partial charge in [0.15, 0.2) is 0 Å². The summed E-state index contributed by atoms with van der Waals surface area (Å²) >= 11 is 6.05. The van der Waals surface area contributed by atoms with E-state index in [-0.39, 0.29) is 6.61 Å². The molecule has 1 aliphatic heterocycles. The van der Waals surface area contributed by atoms with E-state index < -0.39 is 5.60 Å². The van der Waals surface area contributed by atoms with Gasteiger partial charge in [-0.2, -0.15) is 0 Å². The van der Waals surface area contributed by atoms with Crippen LogP contribution < -0.4 is 4.90 Å². The molecule has 1 aromatic heterocycles. The minimum absolute atomic E-state index is 0.228. The molecule has 5 heteroatoms. The van der Waals surface area contributed by atoms with E-state index in [1.165, 1.54) is 0 Å². The normalized spacial score (nSPS) is 25.8. The van der Waals surface area contributed by atoms with Crippen LogP contribution in [0.25, 0.3) is 0 Å². The highest BCUT2D eigenvalue weighted by Crippen LogP contribution is 2.28. The summed E-state index contributed by atoms with van der Waals surface area (Å²) in [7, 11) is 0. The van der Waals surface area contributed by atoms with Gasteiger partial charge in [0.05, 0.1) is 18.2 Å². The lowest BCUT2D eigenvalue weighted by Crippen LogP contribution is -2.50. The predicted molar refractivity (Wildman–Crippen MR) is 62.7 cm³/mol. The van der Waals surface area contributed by atoms with Crippen LogP contribution in [0, 0.1) is 0 Å². The first kappa shape index (κ1) is 11.6. The second-order valence-corrected chi connectivity index (χ2v) is 4.62. The van der Waals surface area contributed by atoms with Crippen LogP contribution in [0.2, 0.25) is 5.02 Å². The zero-order chi connectivity index (χ0) is 11.6. The van der Waals surface area contributed by atoms with Crippen molar-refractivity contribution >= 4 is 17.4 Å². The van der Waals surface area contributed by atoms with Crippen molar-refractivity contribution in [2.45, 2.75) is 18.4 Å². The number of aliphatic hydroxyl groups excluding tert-OH is 1. The summed E-state index contributed by atoms with van der Waals surface area (Å²) in [4.78, 5) is 6.12. The van der Waals surface area contributed by atoms with E-state index in [0.29, 0.717) is 23.8 Å². The Morgan fingerprint density at radius 3 is 3.06 bits per heavy atom. The van der Waals surface area contributed by atoms with Crippen molar-refractivity contribution in [2.24, 2.45) is 0 Å². The molecule has 1 aliphatic rings. The Morgan fingerprint density at radius 2 is 2.38 bits per heavy atom. The Balaban J connectivity index is 2.19. The van der Waals surface area contributed by atoms with Crippen molar-refractivity contribution in [1.29, 1.82) is 0 Å². The number of piperidine rings is 1. The Morgan fingerprint density at radius 1 is 1.56 bits per heavy atom. The molecule has 2 heterocycles. The molecule has 1 saturated heterocycles.